The Balaban J connectivity index is 2.06. The molecule has 0 unspecified atom stereocenters. The number of rotatable bonds is 5. The van der Waals surface area contributed by atoms with Crippen LogP contribution in [0.15, 0.2) is 30.6 Å². The molecule has 7 heteroatoms. The standard InChI is InChI=1S/C13H18N6O/c1-4-14-13(2,3)12(20)16-10-5-7-11(8-6-10)19-9-15-17-18-19/h5-9,14H,4H2,1-3H3,(H,16,20). The Morgan fingerprint density at radius 1 is 1.30 bits per heavy atom. The fraction of sp³-hybridized carbons (Fsp3) is 0.385. The quantitative estimate of drug-likeness (QED) is 0.849. The van der Waals surface area contributed by atoms with Crippen LogP contribution < -0.4 is 10.6 Å². The van der Waals surface area contributed by atoms with E-state index in [0.717, 1.165) is 17.9 Å². The van der Waals surface area contributed by atoms with E-state index in [0.29, 0.717) is 0 Å². The Kier molecular flexibility index (Phi) is 4.09. The highest BCUT2D eigenvalue weighted by molar-refractivity contribution is 5.97. The zero-order valence-electron chi connectivity index (χ0n) is 11.8. The maximum Gasteiger partial charge on any atom is 0.244 e. The third-order valence-corrected chi connectivity index (χ3v) is 2.93. The highest BCUT2D eigenvalue weighted by Crippen LogP contribution is 2.14. The fourth-order valence-corrected chi connectivity index (χ4v) is 1.79. The molecule has 0 bridgehead atoms. The lowest BCUT2D eigenvalue weighted by molar-refractivity contribution is -0.121. The lowest BCUT2D eigenvalue weighted by Crippen LogP contribution is -2.49. The van der Waals surface area contributed by atoms with E-state index in [1.54, 1.807) is 4.68 Å². The molecule has 1 aromatic heterocycles. The van der Waals surface area contributed by atoms with Crippen molar-refractivity contribution in [3.05, 3.63) is 30.6 Å². The van der Waals surface area contributed by atoms with Gasteiger partial charge in [-0.3, -0.25) is 4.79 Å². The molecule has 1 aromatic carbocycles. The second-order valence-corrected chi connectivity index (χ2v) is 4.91. The molecule has 0 saturated carbocycles. The Hall–Kier alpha value is -2.28. The predicted molar refractivity (Wildman–Crippen MR) is 75.5 cm³/mol. The molecule has 7 nitrogen and oxygen atoms in total. The lowest BCUT2D eigenvalue weighted by atomic mass is 10.0. The molecule has 0 saturated heterocycles. The zero-order valence-corrected chi connectivity index (χ0v) is 11.8. The van der Waals surface area contributed by atoms with Gasteiger partial charge in [0.2, 0.25) is 5.91 Å². The van der Waals surface area contributed by atoms with Crippen LogP contribution in [0.2, 0.25) is 0 Å². The van der Waals surface area contributed by atoms with E-state index in [1.807, 2.05) is 45.0 Å². The topological polar surface area (TPSA) is 84.7 Å². The largest absolute Gasteiger partial charge is 0.325 e. The number of carbonyl (C=O) groups excluding carboxylic acids is 1. The third kappa shape index (κ3) is 3.18. The van der Waals surface area contributed by atoms with Crippen LogP contribution >= 0.6 is 0 Å². The van der Waals surface area contributed by atoms with Crippen molar-refractivity contribution in [2.75, 3.05) is 11.9 Å². The van der Waals surface area contributed by atoms with E-state index >= 15 is 0 Å². The Labute approximate surface area is 117 Å². The molecule has 0 radical (unpaired) electrons. The van der Waals surface area contributed by atoms with Gasteiger partial charge in [-0.05, 0) is 55.1 Å². The van der Waals surface area contributed by atoms with Gasteiger partial charge in [0.25, 0.3) is 0 Å². The highest BCUT2D eigenvalue weighted by atomic mass is 16.2. The maximum absolute atomic E-state index is 12.1. The number of nitrogens with one attached hydrogen (secondary N) is 2. The number of likely N-dealkylation sites (N-methyl/N-ethyl adjacent to an activating group) is 1. The van der Waals surface area contributed by atoms with Crippen molar-refractivity contribution in [2.45, 2.75) is 26.3 Å². The predicted octanol–water partition coefficient (Wildman–Crippen LogP) is 0.989. The molecule has 2 rings (SSSR count). The zero-order chi connectivity index (χ0) is 14.6. The summed E-state index contributed by atoms with van der Waals surface area (Å²) in [6.07, 6.45) is 1.52. The van der Waals surface area contributed by atoms with Gasteiger partial charge in [-0.25, -0.2) is 4.68 Å². The number of hydrogen-bond donors (Lipinski definition) is 2. The van der Waals surface area contributed by atoms with Crippen LogP contribution in [0.4, 0.5) is 5.69 Å². The van der Waals surface area contributed by atoms with Crippen molar-refractivity contribution in [2.24, 2.45) is 0 Å². The van der Waals surface area contributed by atoms with Crippen LogP contribution in [-0.2, 0) is 4.79 Å². The van der Waals surface area contributed by atoms with Crippen LogP contribution in [0, 0.1) is 0 Å². The molecular formula is C13H18N6O. The first-order valence-corrected chi connectivity index (χ1v) is 6.43. The van der Waals surface area contributed by atoms with Crippen LogP contribution in [0.3, 0.4) is 0 Å². The van der Waals surface area contributed by atoms with Gasteiger partial charge in [0, 0.05) is 5.69 Å². The van der Waals surface area contributed by atoms with Gasteiger partial charge < -0.3 is 10.6 Å². The van der Waals surface area contributed by atoms with Crippen molar-refractivity contribution in [3.8, 4) is 5.69 Å². The molecule has 106 valence electrons. The van der Waals surface area contributed by atoms with Crippen LogP contribution in [-0.4, -0.2) is 38.2 Å². The Morgan fingerprint density at radius 3 is 2.55 bits per heavy atom. The van der Waals surface area contributed by atoms with Gasteiger partial charge in [0.05, 0.1) is 11.2 Å². The maximum atomic E-state index is 12.1. The summed E-state index contributed by atoms with van der Waals surface area (Å²) < 4.78 is 1.55. The molecular weight excluding hydrogens is 256 g/mol. The van der Waals surface area contributed by atoms with Gasteiger partial charge in [-0.1, -0.05) is 6.92 Å². The monoisotopic (exact) mass is 274 g/mol. The summed E-state index contributed by atoms with van der Waals surface area (Å²) in [6, 6.07) is 7.31. The summed E-state index contributed by atoms with van der Waals surface area (Å²) in [5, 5.41) is 17.0. The number of tetrazole rings is 1. The van der Waals surface area contributed by atoms with Gasteiger partial charge in [0.15, 0.2) is 0 Å². The van der Waals surface area contributed by atoms with Gasteiger partial charge in [0.1, 0.15) is 6.33 Å². The molecule has 1 amide bonds. The molecule has 0 aliphatic rings. The Bertz CT molecular complexity index is 561. The van der Waals surface area contributed by atoms with E-state index in [9.17, 15) is 4.79 Å². The minimum atomic E-state index is -0.608. The normalized spacial score (nSPS) is 11.3. The SMILES string of the molecule is CCNC(C)(C)C(=O)Nc1ccc(-n2cnnn2)cc1. The van der Waals surface area contributed by atoms with Gasteiger partial charge >= 0.3 is 0 Å². The third-order valence-electron chi connectivity index (χ3n) is 2.93. The minimum absolute atomic E-state index is 0.0745. The molecule has 0 atom stereocenters. The molecule has 2 aromatic rings. The average molecular weight is 274 g/mol. The second-order valence-electron chi connectivity index (χ2n) is 4.91. The highest BCUT2D eigenvalue weighted by Gasteiger charge is 2.25. The molecule has 0 spiro atoms. The molecule has 1 heterocycles. The van der Waals surface area contributed by atoms with Crippen molar-refractivity contribution >= 4 is 11.6 Å². The van der Waals surface area contributed by atoms with Crippen molar-refractivity contribution < 1.29 is 4.79 Å². The second kappa shape index (κ2) is 5.79. The molecule has 2 N–H and O–H groups in total. The molecule has 0 aliphatic carbocycles. The summed E-state index contributed by atoms with van der Waals surface area (Å²) in [4.78, 5) is 12.1. The van der Waals surface area contributed by atoms with Gasteiger partial charge in [-0.15, -0.1) is 5.10 Å². The van der Waals surface area contributed by atoms with Gasteiger partial charge in [-0.2, -0.15) is 0 Å². The average Bonchev–Trinajstić information content (AvgIpc) is 2.93. The molecule has 0 aliphatic heterocycles. The van der Waals surface area contributed by atoms with E-state index in [4.69, 9.17) is 0 Å². The summed E-state index contributed by atoms with van der Waals surface area (Å²) in [7, 11) is 0. The fourth-order valence-electron chi connectivity index (χ4n) is 1.79. The van der Waals surface area contributed by atoms with E-state index in [1.165, 1.54) is 6.33 Å². The van der Waals surface area contributed by atoms with Crippen LogP contribution in [0.25, 0.3) is 5.69 Å². The number of anilines is 1. The smallest absolute Gasteiger partial charge is 0.244 e. The van der Waals surface area contributed by atoms with Crippen LogP contribution in [0.5, 0.6) is 0 Å². The van der Waals surface area contributed by atoms with E-state index in [-0.39, 0.29) is 5.91 Å². The van der Waals surface area contributed by atoms with Crippen molar-refractivity contribution in [1.82, 2.24) is 25.5 Å². The first-order valence-electron chi connectivity index (χ1n) is 6.43. The number of carbonyl (C=O) groups is 1. The first-order chi connectivity index (χ1) is 9.53. The summed E-state index contributed by atoms with van der Waals surface area (Å²) >= 11 is 0. The van der Waals surface area contributed by atoms with Crippen molar-refractivity contribution in [1.29, 1.82) is 0 Å². The lowest BCUT2D eigenvalue weighted by Gasteiger charge is -2.24. The van der Waals surface area contributed by atoms with E-state index < -0.39 is 5.54 Å². The summed E-state index contributed by atoms with van der Waals surface area (Å²) in [6.45, 7) is 6.40. The first kappa shape index (κ1) is 14.1. The minimum Gasteiger partial charge on any atom is -0.325 e. The Morgan fingerprint density at radius 2 is 2.00 bits per heavy atom. The number of nitrogens with zero attached hydrogens (tertiary/aromatic N) is 4. The number of hydrogen-bond acceptors (Lipinski definition) is 5. The number of aromatic nitrogens is 4. The molecule has 0 fully saturated rings. The summed E-state index contributed by atoms with van der Waals surface area (Å²) in [5.74, 6) is -0.0745. The van der Waals surface area contributed by atoms with Crippen LogP contribution in [0.1, 0.15) is 20.8 Å². The van der Waals surface area contributed by atoms with E-state index in [2.05, 4.69) is 26.2 Å². The van der Waals surface area contributed by atoms with Crippen molar-refractivity contribution in [3.63, 3.8) is 0 Å². The molecule has 20 heavy (non-hydrogen) atoms. The number of amides is 1. The number of benzene rings is 1. The summed E-state index contributed by atoms with van der Waals surface area (Å²) in [5.41, 5.74) is 0.959.